The number of nitrogens with zero attached hydrogens (tertiary/aromatic N) is 1. The molecule has 0 saturated carbocycles. The van der Waals surface area contributed by atoms with Crippen molar-refractivity contribution >= 4 is 34.5 Å². The fraction of sp³-hybridized carbons (Fsp3) is 0.0588. The predicted octanol–water partition coefficient (Wildman–Crippen LogP) is 3.41. The first-order chi connectivity index (χ1) is 12.5. The van der Waals surface area contributed by atoms with Crippen LogP contribution in [0.4, 0.5) is 0 Å². The van der Waals surface area contributed by atoms with Gasteiger partial charge in [-0.15, -0.1) is 11.3 Å². The number of methoxy groups -OCH3 is 1. The highest BCUT2D eigenvalue weighted by atomic mass is 35.5. The molecule has 9 heteroatoms. The average Bonchev–Trinajstić information content (AvgIpc) is 3.28. The Hall–Kier alpha value is -2.97. The summed E-state index contributed by atoms with van der Waals surface area (Å²) in [5, 5.41) is 16.4. The van der Waals surface area contributed by atoms with Crippen molar-refractivity contribution in [2.24, 2.45) is 0 Å². The zero-order chi connectivity index (χ0) is 18.7. The standard InChI is InChI=1S/C17H15ClN4O3S/c1-9(10-3-4-13(23)14(7-10)25-2)19-22-17(24)12-8-11(20-21-12)15-5-6-16(18)26-15/h3-8,19,23H,1H2,2H3,(H,20,21)(H,22,24). The number of aromatic hydroxyl groups is 1. The minimum Gasteiger partial charge on any atom is -0.504 e. The fourth-order valence-electron chi connectivity index (χ4n) is 2.16. The van der Waals surface area contributed by atoms with Crippen molar-refractivity contribution in [3.05, 3.63) is 58.6 Å². The van der Waals surface area contributed by atoms with Crippen molar-refractivity contribution < 1.29 is 14.6 Å². The molecule has 0 bridgehead atoms. The van der Waals surface area contributed by atoms with Gasteiger partial charge in [0.1, 0.15) is 0 Å². The van der Waals surface area contributed by atoms with Gasteiger partial charge in [-0.05, 0) is 36.4 Å². The number of thiophene rings is 1. The zero-order valence-electron chi connectivity index (χ0n) is 13.7. The molecular formula is C17H15ClN4O3S. The average molecular weight is 391 g/mol. The number of hydrogen-bond donors (Lipinski definition) is 4. The van der Waals surface area contributed by atoms with E-state index >= 15 is 0 Å². The second-order valence-corrected chi connectivity index (χ2v) is 6.93. The van der Waals surface area contributed by atoms with Crippen LogP contribution in [0.25, 0.3) is 16.3 Å². The molecule has 0 unspecified atom stereocenters. The number of phenolic OH excluding ortho intramolecular Hbond substituents is 1. The van der Waals surface area contributed by atoms with Gasteiger partial charge in [0.05, 0.1) is 27.7 Å². The Bertz CT molecular complexity index is 967. The Morgan fingerprint density at radius 3 is 2.81 bits per heavy atom. The maximum atomic E-state index is 12.2. The van der Waals surface area contributed by atoms with Crippen molar-refractivity contribution in [3.8, 4) is 22.1 Å². The zero-order valence-corrected chi connectivity index (χ0v) is 15.2. The molecule has 134 valence electrons. The Kier molecular flexibility index (Phi) is 5.15. The van der Waals surface area contributed by atoms with Gasteiger partial charge >= 0.3 is 0 Å². The Labute approximate surface area is 158 Å². The van der Waals surface area contributed by atoms with E-state index in [2.05, 4.69) is 27.6 Å². The van der Waals surface area contributed by atoms with Crippen molar-refractivity contribution in [1.29, 1.82) is 0 Å². The topological polar surface area (TPSA) is 99.3 Å². The molecule has 0 spiro atoms. The van der Waals surface area contributed by atoms with E-state index in [-0.39, 0.29) is 11.4 Å². The lowest BCUT2D eigenvalue weighted by molar-refractivity contribution is 0.0937. The van der Waals surface area contributed by atoms with E-state index in [1.165, 1.54) is 24.5 Å². The van der Waals surface area contributed by atoms with Gasteiger partial charge in [0.2, 0.25) is 0 Å². The summed E-state index contributed by atoms with van der Waals surface area (Å²) in [6, 6.07) is 9.98. The summed E-state index contributed by atoms with van der Waals surface area (Å²) < 4.78 is 5.70. The third kappa shape index (κ3) is 3.81. The molecule has 3 aromatic rings. The van der Waals surface area contributed by atoms with Gasteiger partial charge in [0.15, 0.2) is 17.2 Å². The third-order valence-corrected chi connectivity index (χ3v) is 4.77. The van der Waals surface area contributed by atoms with Crippen LogP contribution in [0.2, 0.25) is 4.34 Å². The molecule has 7 nitrogen and oxygen atoms in total. The van der Waals surface area contributed by atoms with Crippen molar-refractivity contribution in [2.45, 2.75) is 0 Å². The summed E-state index contributed by atoms with van der Waals surface area (Å²) in [5.74, 6) is -0.101. The van der Waals surface area contributed by atoms with Crippen LogP contribution in [0.15, 0.2) is 43.0 Å². The Balaban J connectivity index is 1.64. The second-order valence-electron chi connectivity index (χ2n) is 5.21. The van der Waals surface area contributed by atoms with Crippen molar-refractivity contribution in [1.82, 2.24) is 21.0 Å². The molecule has 0 aliphatic carbocycles. The number of halogens is 1. The fourth-order valence-corrected chi connectivity index (χ4v) is 3.17. The van der Waals surface area contributed by atoms with Crippen LogP contribution >= 0.6 is 22.9 Å². The lowest BCUT2D eigenvalue weighted by Crippen LogP contribution is -2.36. The Morgan fingerprint density at radius 2 is 2.12 bits per heavy atom. The van der Waals surface area contributed by atoms with Crippen molar-refractivity contribution in [3.63, 3.8) is 0 Å². The van der Waals surface area contributed by atoms with Crippen LogP contribution in [-0.2, 0) is 0 Å². The summed E-state index contributed by atoms with van der Waals surface area (Å²) in [6.07, 6.45) is 0. The molecule has 0 radical (unpaired) electrons. The van der Waals surface area contributed by atoms with E-state index in [9.17, 15) is 9.90 Å². The van der Waals surface area contributed by atoms with E-state index in [0.29, 0.717) is 27.0 Å². The molecule has 3 rings (SSSR count). The predicted molar refractivity (Wildman–Crippen MR) is 101 cm³/mol. The molecule has 26 heavy (non-hydrogen) atoms. The van der Waals surface area contributed by atoms with Gasteiger partial charge in [-0.1, -0.05) is 18.2 Å². The SMILES string of the molecule is C=C(NNC(=O)c1cc(-c2ccc(Cl)s2)[nH]n1)c1ccc(O)c(OC)c1. The number of H-pyrrole nitrogens is 1. The highest BCUT2D eigenvalue weighted by Gasteiger charge is 2.13. The first kappa shape index (κ1) is 17.8. The van der Waals surface area contributed by atoms with Crippen LogP contribution in [0.1, 0.15) is 16.1 Å². The van der Waals surface area contributed by atoms with Crippen LogP contribution < -0.4 is 15.6 Å². The lowest BCUT2D eigenvalue weighted by atomic mass is 10.1. The molecule has 0 saturated heterocycles. The molecule has 2 aromatic heterocycles. The van der Waals surface area contributed by atoms with E-state index in [4.69, 9.17) is 16.3 Å². The maximum absolute atomic E-state index is 12.2. The normalized spacial score (nSPS) is 10.4. The van der Waals surface area contributed by atoms with E-state index in [1.807, 2.05) is 6.07 Å². The highest BCUT2D eigenvalue weighted by molar-refractivity contribution is 7.19. The molecule has 2 heterocycles. The van der Waals surface area contributed by atoms with E-state index < -0.39 is 5.91 Å². The number of hydrazine groups is 1. The molecular weight excluding hydrogens is 376 g/mol. The number of ether oxygens (including phenoxy) is 1. The smallest absolute Gasteiger partial charge is 0.290 e. The molecule has 0 fully saturated rings. The number of aromatic amines is 1. The number of hydrogen-bond acceptors (Lipinski definition) is 6. The second kappa shape index (κ2) is 7.51. The number of amides is 1. The van der Waals surface area contributed by atoms with Crippen LogP contribution in [0, 0.1) is 0 Å². The molecule has 0 aliphatic rings. The molecule has 0 atom stereocenters. The van der Waals surface area contributed by atoms with Crippen LogP contribution in [0.3, 0.4) is 0 Å². The Morgan fingerprint density at radius 1 is 1.31 bits per heavy atom. The lowest BCUT2D eigenvalue weighted by Gasteiger charge is -2.12. The maximum Gasteiger partial charge on any atom is 0.290 e. The van der Waals surface area contributed by atoms with E-state index in [0.717, 1.165) is 4.88 Å². The first-order valence-corrected chi connectivity index (χ1v) is 8.61. The number of carbonyl (C=O) groups is 1. The van der Waals surface area contributed by atoms with Gasteiger partial charge in [-0.3, -0.25) is 20.7 Å². The summed E-state index contributed by atoms with van der Waals surface area (Å²) in [7, 11) is 1.45. The van der Waals surface area contributed by atoms with Gasteiger partial charge in [-0.25, -0.2) is 0 Å². The van der Waals surface area contributed by atoms with Gasteiger partial charge in [0.25, 0.3) is 5.91 Å². The third-order valence-electron chi connectivity index (χ3n) is 3.50. The summed E-state index contributed by atoms with van der Waals surface area (Å²) in [4.78, 5) is 13.1. The van der Waals surface area contributed by atoms with Gasteiger partial charge < -0.3 is 9.84 Å². The molecule has 1 aromatic carbocycles. The first-order valence-electron chi connectivity index (χ1n) is 7.41. The molecule has 1 amide bonds. The number of aromatic nitrogens is 2. The number of nitrogens with one attached hydrogen (secondary N) is 3. The summed E-state index contributed by atoms with van der Waals surface area (Å²) in [5.41, 5.74) is 7.24. The van der Waals surface area contributed by atoms with Crippen LogP contribution in [-0.4, -0.2) is 28.3 Å². The minimum absolute atomic E-state index is 0.0193. The number of carbonyl (C=O) groups excluding carboxylic acids is 1. The molecule has 0 aliphatic heterocycles. The quantitative estimate of drug-likeness (QED) is 0.483. The van der Waals surface area contributed by atoms with Gasteiger partial charge in [-0.2, -0.15) is 5.10 Å². The van der Waals surface area contributed by atoms with Crippen molar-refractivity contribution in [2.75, 3.05) is 7.11 Å². The number of rotatable bonds is 6. The summed E-state index contributed by atoms with van der Waals surface area (Å²) >= 11 is 7.30. The summed E-state index contributed by atoms with van der Waals surface area (Å²) in [6.45, 7) is 3.85. The minimum atomic E-state index is -0.429. The number of phenols is 1. The van der Waals surface area contributed by atoms with E-state index in [1.54, 1.807) is 24.3 Å². The van der Waals surface area contributed by atoms with Gasteiger partial charge in [0, 0.05) is 5.56 Å². The molecule has 4 N–H and O–H groups in total. The largest absolute Gasteiger partial charge is 0.504 e. The highest BCUT2D eigenvalue weighted by Crippen LogP contribution is 2.30. The van der Waals surface area contributed by atoms with Crippen LogP contribution in [0.5, 0.6) is 11.5 Å². The number of benzene rings is 1. The monoisotopic (exact) mass is 390 g/mol.